The smallest absolute Gasteiger partial charge is 0.340 e. The minimum Gasteiger partial charge on any atom is -0.340 e. The van der Waals surface area contributed by atoms with Gasteiger partial charge in [-0.1, -0.05) is 39.5 Å². The van der Waals surface area contributed by atoms with Crippen LogP contribution in [0.25, 0.3) is 0 Å². The summed E-state index contributed by atoms with van der Waals surface area (Å²) in [5, 5.41) is 0. The van der Waals surface area contributed by atoms with Gasteiger partial charge in [-0.15, -0.1) is 5.54 Å². The average Bonchev–Trinajstić information content (AvgIpc) is 2.20. The van der Waals surface area contributed by atoms with Crippen LogP contribution in [-0.2, 0) is 18.6 Å². The van der Waals surface area contributed by atoms with Crippen molar-refractivity contribution in [1.29, 1.82) is 0 Å². The minimum atomic E-state index is 0. The van der Waals surface area contributed by atoms with Crippen molar-refractivity contribution in [3.63, 3.8) is 0 Å². The van der Waals surface area contributed by atoms with Gasteiger partial charge in [-0.05, 0) is 34.1 Å². The maximum atomic E-state index is 4.10. The summed E-state index contributed by atoms with van der Waals surface area (Å²) in [6.07, 6.45) is 5.48. The Morgan fingerprint density at radius 1 is 1.00 bits per heavy atom. The first-order valence-electron chi connectivity index (χ1n) is 7.13. The normalized spacial score (nSPS) is 22.5. The molecule has 0 aromatic rings. The summed E-state index contributed by atoms with van der Waals surface area (Å²) in [5.74, 6) is 1.69. The van der Waals surface area contributed by atoms with Crippen LogP contribution in [-0.4, -0.2) is 50.1 Å². The molecule has 20 heavy (non-hydrogen) atoms. The van der Waals surface area contributed by atoms with Crippen molar-refractivity contribution >= 4 is 0 Å². The molecule has 0 aromatic heterocycles. The van der Waals surface area contributed by atoms with E-state index < -0.39 is 0 Å². The SMILES string of the molecule is [CH2-]C(C)(C)N(C)C.[CH2-]C1CCC(CN(C)C)CC1.[U].[V+2]. The Hall–Kier alpha value is 1.56. The van der Waals surface area contributed by atoms with Crippen LogP contribution in [0.5, 0.6) is 0 Å². The predicted octanol–water partition coefficient (Wildman–Crippen LogP) is 3.35. The Morgan fingerprint density at radius 3 is 1.60 bits per heavy atom. The average molecular weight is 543 g/mol. The van der Waals surface area contributed by atoms with Crippen molar-refractivity contribution in [3.05, 3.63) is 13.8 Å². The van der Waals surface area contributed by atoms with Crippen LogP contribution < -0.4 is 0 Å². The van der Waals surface area contributed by atoms with E-state index in [1.165, 1.54) is 32.2 Å². The van der Waals surface area contributed by atoms with Gasteiger partial charge in [-0.2, -0.15) is 5.92 Å². The van der Waals surface area contributed by atoms with Crippen molar-refractivity contribution in [1.82, 2.24) is 9.80 Å². The van der Waals surface area contributed by atoms with Crippen LogP contribution in [0, 0.1) is 56.8 Å². The van der Waals surface area contributed by atoms with Crippen molar-refractivity contribution < 1.29 is 49.7 Å². The zero-order chi connectivity index (χ0) is 14.3. The fourth-order valence-corrected chi connectivity index (χ4v) is 1.93. The van der Waals surface area contributed by atoms with E-state index >= 15 is 0 Å². The fraction of sp³-hybridized carbons (Fsp3) is 0.875. The van der Waals surface area contributed by atoms with E-state index in [0.29, 0.717) is 0 Å². The molecule has 0 amide bonds. The predicted molar refractivity (Wildman–Crippen MR) is 82.5 cm³/mol. The second-order valence-electron chi connectivity index (χ2n) is 6.86. The van der Waals surface area contributed by atoms with Gasteiger partial charge >= 0.3 is 18.6 Å². The Kier molecular flexibility index (Phi) is 17.2. The second kappa shape index (κ2) is 13.0. The van der Waals surface area contributed by atoms with Crippen molar-refractivity contribution in [2.45, 2.75) is 45.1 Å². The largest absolute Gasteiger partial charge is 2.00 e. The van der Waals surface area contributed by atoms with Crippen molar-refractivity contribution in [2.24, 2.45) is 11.8 Å². The molecule has 1 fully saturated rings. The van der Waals surface area contributed by atoms with Gasteiger partial charge < -0.3 is 23.6 Å². The van der Waals surface area contributed by atoms with Gasteiger partial charge in [0.2, 0.25) is 0 Å². The number of nitrogens with zero attached hydrogens (tertiary/aromatic N) is 2. The van der Waals surface area contributed by atoms with Crippen LogP contribution >= 0.6 is 0 Å². The Balaban J connectivity index is -0.000000286. The van der Waals surface area contributed by atoms with Gasteiger partial charge in [-0.25, -0.2) is 0 Å². The molecule has 0 unspecified atom stereocenters. The molecule has 117 valence electrons. The summed E-state index contributed by atoms with van der Waals surface area (Å²) in [4.78, 5) is 4.38. The van der Waals surface area contributed by atoms with E-state index in [0.717, 1.165) is 11.8 Å². The summed E-state index contributed by atoms with van der Waals surface area (Å²) >= 11 is 0. The van der Waals surface area contributed by atoms with E-state index in [1.807, 2.05) is 14.1 Å². The molecule has 0 bridgehead atoms. The summed E-state index contributed by atoms with van der Waals surface area (Å²) in [6, 6.07) is 0. The van der Waals surface area contributed by atoms with E-state index in [9.17, 15) is 0 Å². The summed E-state index contributed by atoms with van der Waals surface area (Å²) in [5.41, 5.74) is 0.0833. The molecule has 0 N–H and O–H groups in total. The number of rotatable bonds is 3. The molecule has 0 saturated heterocycles. The molecule has 0 aliphatic heterocycles. The summed E-state index contributed by atoms with van der Waals surface area (Å²) < 4.78 is 0. The van der Waals surface area contributed by atoms with Crippen LogP contribution in [0.1, 0.15) is 39.5 Å². The van der Waals surface area contributed by atoms with Gasteiger partial charge in [0.25, 0.3) is 0 Å². The molecule has 1 saturated carbocycles. The Morgan fingerprint density at radius 2 is 1.35 bits per heavy atom. The van der Waals surface area contributed by atoms with Crippen LogP contribution in [0.3, 0.4) is 0 Å². The van der Waals surface area contributed by atoms with Crippen molar-refractivity contribution in [2.75, 3.05) is 34.7 Å². The standard InChI is InChI=1S/C10H20N.C6H14N.U.V/c1-9-4-6-10(7-5-9)8-11(2)3;1-6(2,3)7(4)5;;/h9-10H,1,4-8H2,2-3H3;1H2,2-5H3;;/q2*-1;;+2. The van der Waals surface area contributed by atoms with Crippen LogP contribution in [0.15, 0.2) is 0 Å². The van der Waals surface area contributed by atoms with Gasteiger partial charge in [0, 0.05) is 37.7 Å². The third-order valence-electron chi connectivity index (χ3n) is 3.80. The van der Waals surface area contributed by atoms with Crippen LogP contribution in [0.4, 0.5) is 0 Å². The monoisotopic (exact) mass is 543 g/mol. The first-order valence-corrected chi connectivity index (χ1v) is 7.13. The van der Waals surface area contributed by atoms with Gasteiger partial charge in [0.05, 0.1) is 0 Å². The molecule has 1 aliphatic carbocycles. The maximum Gasteiger partial charge on any atom is 2.00 e. The first kappa shape index (κ1) is 26.5. The molecule has 0 spiro atoms. The van der Waals surface area contributed by atoms with E-state index in [-0.39, 0.29) is 55.2 Å². The molecule has 0 atom stereocenters. The van der Waals surface area contributed by atoms with E-state index in [4.69, 9.17) is 0 Å². The third kappa shape index (κ3) is 14.5. The first-order chi connectivity index (χ1) is 8.12. The molecule has 0 aromatic carbocycles. The molecule has 4 heteroatoms. The number of hydrogen-bond acceptors (Lipinski definition) is 2. The maximum absolute atomic E-state index is 4.10. The molecule has 2 nitrogen and oxygen atoms in total. The Bertz CT molecular complexity index is 207. The van der Waals surface area contributed by atoms with Gasteiger partial charge in [0.15, 0.2) is 0 Å². The zero-order valence-corrected chi connectivity index (χ0v) is 20.0. The van der Waals surface area contributed by atoms with Crippen LogP contribution in [0.2, 0.25) is 0 Å². The fourth-order valence-electron chi connectivity index (χ4n) is 1.93. The summed E-state index contributed by atoms with van der Waals surface area (Å²) in [6.45, 7) is 13.4. The van der Waals surface area contributed by atoms with Gasteiger partial charge in [0.1, 0.15) is 0 Å². The third-order valence-corrected chi connectivity index (χ3v) is 3.80. The molecule has 1 rings (SSSR count). The second-order valence-corrected chi connectivity index (χ2v) is 6.86. The number of hydrogen-bond donors (Lipinski definition) is 0. The van der Waals surface area contributed by atoms with E-state index in [2.05, 4.69) is 51.6 Å². The van der Waals surface area contributed by atoms with E-state index in [1.54, 1.807) is 0 Å². The zero-order valence-electron chi connectivity index (χ0n) is 14.4. The quantitative estimate of drug-likeness (QED) is 0.505. The molecule has 0 heterocycles. The minimum absolute atomic E-state index is 0. The molecular formula is C16H34N2UV. The molecular weight excluding hydrogens is 509 g/mol. The molecule has 1 radical (unpaired) electrons. The topological polar surface area (TPSA) is 6.48 Å². The van der Waals surface area contributed by atoms with Gasteiger partial charge in [-0.3, -0.25) is 0 Å². The summed E-state index contributed by atoms with van der Waals surface area (Å²) in [7, 11) is 8.37. The Labute approximate surface area is 164 Å². The van der Waals surface area contributed by atoms with Crippen molar-refractivity contribution in [3.8, 4) is 0 Å². The molecule has 1 aliphatic rings.